The van der Waals surface area contributed by atoms with Gasteiger partial charge in [0.2, 0.25) is 0 Å². The molecular weight excluding hydrogens is 265 g/mol. The van der Waals surface area contributed by atoms with Gasteiger partial charge in [-0.15, -0.1) is 0 Å². The molecule has 0 aliphatic rings. The van der Waals surface area contributed by atoms with E-state index in [0.717, 1.165) is 14.3 Å². The summed E-state index contributed by atoms with van der Waals surface area (Å²) in [6.07, 6.45) is 3.44. The molecule has 1 aromatic carbocycles. The van der Waals surface area contributed by atoms with Crippen LogP contribution in [-0.4, -0.2) is 10.1 Å². The fraction of sp³-hybridized carbons (Fsp3) is 0. The summed E-state index contributed by atoms with van der Waals surface area (Å²) in [5.41, 5.74) is 0. The van der Waals surface area contributed by atoms with Gasteiger partial charge in [0.05, 0.1) is 0 Å². The van der Waals surface area contributed by atoms with Crippen LogP contribution in [0.5, 0.6) is 5.75 Å². The lowest BCUT2D eigenvalue weighted by Crippen LogP contribution is -1.79. The number of rotatable bonds is 0. The lowest BCUT2D eigenvalue weighted by atomic mass is 10.2. The first-order valence-corrected chi connectivity index (χ1v) is 4.58. The number of halogens is 1. The van der Waals surface area contributed by atoms with E-state index in [1.807, 2.05) is 12.1 Å². The number of aromatic hydroxyl groups is 1. The molecule has 2 aromatic rings. The molecule has 0 aliphatic heterocycles. The van der Waals surface area contributed by atoms with Crippen molar-refractivity contribution in [1.82, 2.24) is 4.98 Å². The predicted octanol–water partition coefficient (Wildman–Crippen LogP) is 2.55. The van der Waals surface area contributed by atoms with Gasteiger partial charge in [-0.25, -0.2) is 0 Å². The quantitative estimate of drug-likeness (QED) is 0.747. The van der Waals surface area contributed by atoms with E-state index in [9.17, 15) is 5.11 Å². The van der Waals surface area contributed by atoms with Crippen molar-refractivity contribution in [2.24, 2.45) is 0 Å². The monoisotopic (exact) mass is 271 g/mol. The SMILES string of the molecule is Oc1ccc(I)c2cnccc12. The third-order valence-electron chi connectivity index (χ3n) is 1.74. The minimum atomic E-state index is 0.313. The largest absolute Gasteiger partial charge is 0.507 e. The van der Waals surface area contributed by atoms with Crippen LogP contribution in [0.3, 0.4) is 0 Å². The van der Waals surface area contributed by atoms with Gasteiger partial charge >= 0.3 is 0 Å². The number of nitrogens with zero attached hydrogens (tertiary/aromatic N) is 1. The van der Waals surface area contributed by atoms with Crippen LogP contribution < -0.4 is 0 Å². The number of hydrogen-bond acceptors (Lipinski definition) is 2. The van der Waals surface area contributed by atoms with E-state index < -0.39 is 0 Å². The Hall–Kier alpha value is -0.840. The molecule has 2 rings (SSSR count). The topological polar surface area (TPSA) is 33.1 Å². The van der Waals surface area contributed by atoms with Crippen LogP contribution in [0.1, 0.15) is 0 Å². The Balaban J connectivity index is 2.95. The van der Waals surface area contributed by atoms with E-state index in [-0.39, 0.29) is 0 Å². The molecule has 0 spiro atoms. The third kappa shape index (κ3) is 1.14. The summed E-state index contributed by atoms with van der Waals surface area (Å²) in [4.78, 5) is 4.00. The van der Waals surface area contributed by atoms with Crippen molar-refractivity contribution in [1.29, 1.82) is 0 Å². The zero-order valence-electron chi connectivity index (χ0n) is 6.16. The number of benzene rings is 1. The lowest BCUT2D eigenvalue weighted by molar-refractivity contribution is 0.481. The molecule has 1 N–H and O–H groups in total. The first-order valence-electron chi connectivity index (χ1n) is 3.50. The molecule has 0 fully saturated rings. The molecule has 0 unspecified atom stereocenters. The summed E-state index contributed by atoms with van der Waals surface area (Å²) in [6, 6.07) is 5.39. The van der Waals surface area contributed by atoms with Gasteiger partial charge in [0.25, 0.3) is 0 Å². The van der Waals surface area contributed by atoms with E-state index >= 15 is 0 Å². The molecule has 0 atom stereocenters. The molecule has 0 amide bonds. The van der Waals surface area contributed by atoms with Gasteiger partial charge in [-0.05, 0) is 40.8 Å². The van der Waals surface area contributed by atoms with Crippen LogP contribution in [0.4, 0.5) is 0 Å². The number of fused-ring (bicyclic) bond motifs is 1. The first kappa shape index (κ1) is 7.79. The van der Waals surface area contributed by atoms with Crippen molar-refractivity contribution in [2.45, 2.75) is 0 Å². The van der Waals surface area contributed by atoms with Crippen LogP contribution in [0.2, 0.25) is 0 Å². The summed E-state index contributed by atoms with van der Waals surface area (Å²) in [5, 5.41) is 11.3. The van der Waals surface area contributed by atoms with Crippen LogP contribution >= 0.6 is 22.6 Å². The average molecular weight is 271 g/mol. The molecule has 0 bridgehead atoms. The van der Waals surface area contributed by atoms with Crippen LogP contribution in [0.15, 0.2) is 30.6 Å². The van der Waals surface area contributed by atoms with E-state index in [2.05, 4.69) is 27.6 Å². The molecule has 1 heterocycles. The molecule has 2 nitrogen and oxygen atoms in total. The van der Waals surface area contributed by atoms with E-state index in [1.165, 1.54) is 0 Å². The zero-order chi connectivity index (χ0) is 8.55. The second-order valence-electron chi connectivity index (χ2n) is 2.49. The highest BCUT2D eigenvalue weighted by Crippen LogP contribution is 2.27. The second-order valence-corrected chi connectivity index (χ2v) is 3.65. The zero-order valence-corrected chi connectivity index (χ0v) is 8.32. The maximum Gasteiger partial charge on any atom is 0.123 e. The summed E-state index contributed by atoms with van der Waals surface area (Å²) < 4.78 is 1.11. The Labute approximate surface area is 83.4 Å². The minimum Gasteiger partial charge on any atom is -0.507 e. The van der Waals surface area contributed by atoms with Crippen molar-refractivity contribution >= 4 is 33.4 Å². The van der Waals surface area contributed by atoms with E-state index in [0.29, 0.717) is 5.75 Å². The van der Waals surface area contributed by atoms with Crippen LogP contribution in [0, 0.1) is 3.57 Å². The molecule has 0 saturated heterocycles. The lowest BCUT2D eigenvalue weighted by Gasteiger charge is -2.00. The standard InChI is InChI=1S/C9H6INO/c10-8-1-2-9(12)6-3-4-11-5-7(6)8/h1-5,12H. The average Bonchev–Trinajstić information content (AvgIpc) is 2.12. The number of pyridine rings is 1. The second kappa shape index (κ2) is 2.90. The van der Waals surface area contributed by atoms with Gasteiger partial charge in [-0.1, -0.05) is 0 Å². The molecule has 0 aliphatic carbocycles. The van der Waals surface area contributed by atoms with Gasteiger partial charge in [0.1, 0.15) is 5.75 Å². The molecule has 0 saturated carbocycles. The Bertz CT molecular complexity index is 387. The summed E-state index contributed by atoms with van der Waals surface area (Å²) >= 11 is 2.22. The van der Waals surface area contributed by atoms with Gasteiger partial charge in [-0.3, -0.25) is 4.98 Å². The molecule has 1 aromatic heterocycles. The third-order valence-corrected chi connectivity index (χ3v) is 2.68. The van der Waals surface area contributed by atoms with Gasteiger partial charge in [0.15, 0.2) is 0 Å². The number of phenols is 1. The molecule has 0 radical (unpaired) electrons. The summed E-state index contributed by atoms with van der Waals surface area (Å²) in [6.45, 7) is 0. The number of hydrogen-bond donors (Lipinski definition) is 1. The number of aromatic nitrogens is 1. The summed E-state index contributed by atoms with van der Waals surface area (Å²) in [7, 11) is 0. The van der Waals surface area contributed by atoms with Gasteiger partial charge in [-0.2, -0.15) is 0 Å². The van der Waals surface area contributed by atoms with Crippen LogP contribution in [-0.2, 0) is 0 Å². The van der Waals surface area contributed by atoms with Crippen molar-refractivity contribution < 1.29 is 5.11 Å². The van der Waals surface area contributed by atoms with Gasteiger partial charge in [0, 0.05) is 26.7 Å². The minimum absolute atomic E-state index is 0.313. The van der Waals surface area contributed by atoms with Crippen LogP contribution in [0.25, 0.3) is 10.8 Å². The maximum atomic E-state index is 9.46. The Morgan fingerprint density at radius 2 is 2.00 bits per heavy atom. The van der Waals surface area contributed by atoms with Crippen molar-refractivity contribution in [3.8, 4) is 5.75 Å². The maximum absolute atomic E-state index is 9.46. The fourth-order valence-electron chi connectivity index (χ4n) is 1.14. The van der Waals surface area contributed by atoms with Crippen molar-refractivity contribution in [2.75, 3.05) is 0 Å². The Morgan fingerprint density at radius 3 is 2.75 bits per heavy atom. The molecule has 60 valence electrons. The predicted molar refractivity (Wildman–Crippen MR) is 56.1 cm³/mol. The summed E-state index contributed by atoms with van der Waals surface area (Å²) in [5.74, 6) is 0.313. The first-order chi connectivity index (χ1) is 5.79. The van der Waals surface area contributed by atoms with Gasteiger partial charge < -0.3 is 5.11 Å². The highest BCUT2D eigenvalue weighted by Gasteiger charge is 2.01. The fourth-order valence-corrected chi connectivity index (χ4v) is 1.75. The molecule has 3 heteroatoms. The number of phenolic OH excluding ortho intramolecular Hbond substituents is 1. The highest BCUT2D eigenvalue weighted by molar-refractivity contribution is 14.1. The Morgan fingerprint density at radius 1 is 1.17 bits per heavy atom. The van der Waals surface area contributed by atoms with E-state index in [1.54, 1.807) is 18.5 Å². The molecule has 12 heavy (non-hydrogen) atoms. The normalized spacial score (nSPS) is 10.4. The smallest absolute Gasteiger partial charge is 0.123 e. The Kier molecular flexibility index (Phi) is 1.88. The van der Waals surface area contributed by atoms with E-state index in [4.69, 9.17) is 0 Å². The molecular formula is C9H6INO. The highest BCUT2D eigenvalue weighted by atomic mass is 127. The van der Waals surface area contributed by atoms with Crippen molar-refractivity contribution in [3.63, 3.8) is 0 Å². The van der Waals surface area contributed by atoms with Crippen molar-refractivity contribution in [3.05, 3.63) is 34.2 Å².